The second kappa shape index (κ2) is 11.2. The molecular formula is C17H30IN7O. The van der Waals surface area contributed by atoms with Gasteiger partial charge in [0, 0.05) is 40.3 Å². The van der Waals surface area contributed by atoms with Gasteiger partial charge in [-0.1, -0.05) is 6.07 Å². The molecule has 8 nitrogen and oxygen atoms in total. The standard InChI is InChI=1S/C17H29N7O.HI/c1-19-17(20-11-14-5-4-6-16(21-14)23(2)3)22-13-7-9-24(10-8-13)12-15(18)25;/h4-6,13H,7-12H2,1-3H3,(H2,18,25)(H2,19,20,22);1H. The number of carbonyl (C=O) groups excluding carboxylic acids is 1. The predicted molar refractivity (Wildman–Crippen MR) is 116 cm³/mol. The van der Waals surface area contributed by atoms with Crippen LogP contribution in [0.5, 0.6) is 0 Å². The van der Waals surface area contributed by atoms with E-state index >= 15 is 0 Å². The lowest BCUT2D eigenvalue weighted by Gasteiger charge is -2.32. The molecule has 0 aliphatic carbocycles. The van der Waals surface area contributed by atoms with Crippen LogP contribution in [0, 0.1) is 0 Å². The van der Waals surface area contributed by atoms with Crippen molar-refractivity contribution < 1.29 is 4.79 Å². The molecule has 2 rings (SSSR count). The van der Waals surface area contributed by atoms with E-state index in [1.54, 1.807) is 7.05 Å². The summed E-state index contributed by atoms with van der Waals surface area (Å²) >= 11 is 0. The highest BCUT2D eigenvalue weighted by atomic mass is 127. The van der Waals surface area contributed by atoms with Gasteiger partial charge in [-0.05, 0) is 25.0 Å². The Bertz CT molecular complexity index is 601. The van der Waals surface area contributed by atoms with E-state index in [0.717, 1.165) is 43.4 Å². The van der Waals surface area contributed by atoms with Crippen molar-refractivity contribution in [1.29, 1.82) is 0 Å². The number of primary amides is 1. The molecule has 9 heteroatoms. The lowest BCUT2D eigenvalue weighted by molar-refractivity contribution is -0.119. The Kier molecular flexibility index (Phi) is 9.63. The summed E-state index contributed by atoms with van der Waals surface area (Å²) in [7, 11) is 5.72. The maximum atomic E-state index is 11.0. The number of hydrogen-bond acceptors (Lipinski definition) is 5. The topological polar surface area (TPSA) is 98.9 Å². The Labute approximate surface area is 172 Å². The first-order chi connectivity index (χ1) is 12.0. The number of nitrogens with zero attached hydrogens (tertiary/aromatic N) is 4. The van der Waals surface area contributed by atoms with E-state index in [9.17, 15) is 4.79 Å². The summed E-state index contributed by atoms with van der Waals surface area (Å²) in [5, 5.41) is 6.76. The smallest absolute Gasteiger partial charge is 0.231 e. The van der Waals surface area contributed by atoms with Gasteiger partial charge in [-0.3, -0.25) is 14.7 Å². The van der Waals surface area contributed by atoms with Crippen LogP contribution in [-0.4, -0.2) is 68.6 Å². The molecule has 2 heterocycles. The van der Waals surface area contributed by atoms with Gasteiger partial charge in [0.2, 0.25) is 5.91 Å². The predicted octanol–water partition coefficient (Wildman–Crippen LogP) is 0.380. The number of nitrogens with one attached hydrogen (secondary N) is 2. The number of pyridine rings is 1. The summed E-state index contributed by atoms with van der Waals surface area (Å²) in [6.07, 6.45) is 1.92. The zero-order valence-corrected chi connectivity index (χ0v) is 18.1. The number of guanidine groups is 1. The average molecular weight is 475 g/mol. The quantitative estimate of drug-likeness (QED) is 0.313. The van der Waals surface area contributed by atoms with Crippen molar-refractivity contribution in [2.75, 3.05) is 45.7 Å². The fourth-order valence-electron chi connectivity index (χ4n) is 2.83. The van der Waals surface area contributed by atoms with E-state index in [0.29, 0.717) is 19.1 Å². The van der Waals surface area contributed by atoms with E-state index in [1.165, 1.54) is 0 Å². The molecule has 1 aromatic rings. The minimum absolute atomic E-state index is 0. The molecule has 1 saturated heterocycles. The molecule has 0 bridgehead atoms. The van der Waals surface area contributed by atoms with Gasteiger partial charge in [0.25, 0.3) is 0 Å². The Morgan fingerprint density at radius 2 is 2.08 bits per heavy atom. The summed E-state index contributed by atoms with van der Waals surface area (Å²) < 4.78 is 0. The van der Waals surface area contributed by atoms with Crippen LogP contribution in [0.2, 0.25) is 0 Å². The van der Waals surface area contributed by atoms with Crippen molar-refractivity contribution in [1.82, 2.24) is 20.5 Å². The number of hydrogen-bond donors (Lipinski definition) is 3. The number of nitrogens with two attached hydrogens (primary N) is 1. The zero-order chi connectivity index (χ0) is 18.2. The minimum atomic E-state index is -0.267. The fourth-order valence-corrected chi connectivity index (χ4v) is 2.83. The van der Waals surface area contributed by atoms with Crippen LogP contribution in [0.4, 0.5) is 5.82 Å². The van der Waals surface area contributed by atoms with E-state index in [1.807, 2.05) is 37.2 Å². The van der Waals surface area contributed by atoms with Gasteiger partial charge in [-0.15, -0.1) is 24.0 Å². The van der Waals surface area contributed by atoms with Gasteiger partial charge in [-0.25, -0.2) is 4.98 Å². The summed E-state index contributed by atoms with van der Waals surface area (Å²) in [5.74, 6) is 1.44. The number of aliphatic imine (C=N–C) groups is 1. The molecule has 0 unspecified atom stereocenters. The number of piperidine rings is 1. The number of rotatable bonds is 6. The zero-order valence-electron chi connectivity index (χ0n) is 15.7. The van der Waals surface area contributed by atoms with Crippen molar-refractivity contribution in [2.45, 2.75) is 25.4 Å². The van der Waals surface area contributed by atoms with Crippen LogP contribution in [-0.2, 0) is 11.3 Å². The lowest BCUT2D eigenvalue weighted by atomic mass is 10.1. The number of anilines is 1. The van der Waals surface area contributed by atoms with Gasteiger partial charge >= 0.3 is 0 Å². The highest BCUT2D eigenvalue weighted by molar-refractivity contribution is 14.0. The van der Waals surface area contributed by atoms with Gasteiger partial charge in [0.15, 0.2) is 5.96 Å². The second-order valence-electron chi connectivity index (χ2n) is 6.47. The molecule has 0 atom stereocenters. The summed E-state index contributed by atoms with van der Waals surface area (Å²) in [4.78, 5) is 23.9. The Balaban J connectivity index is 0.00000338. The second-order valence-corrected chi connectivity index (χ2v) is 6.47. The normalized spacial score (nSPS) is 15.9. The molecule has 4 N–H and O–H groups in total. The molecular weight excluding hydrogens is 445 g/mol. The van der Waals surface area contributed by atoms with Crippen molar-refractivity contribution in [2.24, 2.45) is 10.7 Å². The third-order valence-corrected chi connectivity index (χ3v) is 4.22. The van der Waals surface area contributed by atoms with Crippen LogP contribution in [0.15, 0.2) is 23.2 Å². The van der Waals surface area contributed by atoms with E-state index < -0.39 is 0 Å². The first-order valence-corrected chi connectivity index (χ1v) is 8.59. The first kappa shape index (κ1) is 22.4. The largest absolute Gasteiger partial charge is 0.369 e. The number of aromatic nitrogens is 1. The SMILES string of the molecule is CN=C(NCc1cccc(N(C)C)n1)NC1CCN(CC(N)=O)CC1.I. The van der Waals surface area contributed by atoms with Gasteiger partial charge < -0.3 is 21.3 Å². The van der Waals surface area contributed by atoms with Gasteiger partial charge in [0.1, 0.15) is 5.82 Å². The number of likely N-dealkylation sites (tertiary alicyclic amines) is 1. The molecule has 1 fully saturated rings. The lowest BCUT2D eigenvalue weighted by Crippen LogP contribution is -2.49. The van der Waals surface area contributed by atoms with E-state index in [4.69, 9.17) is 5.73 Å². The summed E-state index contributed by atoms with van der Waals surface area (Å²) in [6.45, 7) is 2.68. The molecule has 1 aliphatic heterocycles. The number of amides is 1. The van der Waals surface area contributed by atoms with Crippen molar-refractivity contribution in [3.63, 3.8) is 0 Å². The molecule has 26 heavy (non-hydrogen) atoms. The number of halogens is 1. The molecule has 146 valence electrons. The third-order valence-electron chi connectivity index (χ3n) is 4.22. The highest BCUT2D eigenvalue weighted by Gasteiger charge is 2.20. The van der Waals surface area contributed by atoms with Gasteiger partial charge in [0.05, 0.1) is 18.8 Å². The minimum Gasteiger partial charge on any atom is -0.369 e. The first-order valence-electron chi connectivity index (χ1n) is 8.59. The Morgan fingerprint density at radius 1 is 1.38 bits per heavy atom. The number of carbonyl (C=O) groups is 1. The Morgan fingerprint density at radius 3 is 2.65 bits per heavy atom. The average Bonchev–Trinajstić information content (AvgIpc) is 2.59. The maximum Gasteiger partial charge on any atom is 0.231 e. The molecule has 1 aliphatic rings. The third kappa shape index (κ3) is 7.32. The summed E-state index contributed by atoms with van der Waals surface area (Å²) in [5.41, 5.74) is 6.21. The van der Waals surface area contributed by atoms with Gasteiger partial charge in [-0.2, -0.15) is 0 Å². The van der Waals surface area contributed by atoms with Crippen molar-refractivity contribution in [3.8, 4) is 0 Å². The molecule has 0 saturated carbocycles. The van der Waals surface area contributed by atoms with E-state index in [-0.39, 0.29) is 29.9 Å². The molecule has 1 amide bonds. The van der Waals surface area contributed by atoms with Crippen LogP contribution in [0.1, 0.15) is 18.5 Å². The Hall–Kier alpha value is -1.62. The fraction of sp³-hybridized carbons (Fsp3) is 0.588. The summed E-state index contributed by atoms with van der Waals surface area (Å²) in [6, 6.07) is 6.33. The van der Waals surface area contributed by atoms with Crippen molar-refractivity contribution in [3.05, 3.63) is 23.9 Å². The molecule has 0 radical (unpaired) electrons. The van der Waals surface area contributed by atoms with E-state index in [2.05, 4.69) is 25.5 Å². The van der Waals surface area contributed by atoms with Crippen LogP contribution < -0.4 is 21.3 Å². The van der Waals surface area contributed by atoms with Crippen LogP contribution in [0.25, 0.3) is 0 Å². The highest BCUT2D eigenvalue weighted by Crippen LogP contribution is 2.10. The maximum absolute atomic E-state index is 11.0. The molecule has 0 spiro atoms. The van der Waals surface area contributed by atoms with Crippen LogP contribution in [0.3, 0.4) is 0 Å². The van der Waals surface area contributed by atoms with Crippen LogP contribution >= 0.6 is 24.0 Å². The van der Waals surface area contributed by atoms with Crippen molar-refractivity contribution >= 4 is 41.7 Å². The molecule has 0 aromatic carbocycles. The monoisotopic (exact) mass is 475 g/mol. The molecule has 1 aromatic heterocycles.